The smallest absolute Gasteiger partial charge is 0.337 e. The Hall–Kier alpha value is -2.93. The van der Waals surface area contributed by atoms with Crippen molar-refractivity contribution in [1.82, 2.24) is 9.78 Å². The molecule has 0 saturated carbocycles. The van der Waals surface area contributed by atoms with Crippen molar-refractivity contribution < 1.29 is 14.3 Å². The average molecular weight is 414 g/mol. The van der Waals surface area contributed by atoms with Crippen LogP contribution in [-0.2, 0) is 11.3 Å². The average Bonchev–Trinajstić information content (AvgIpc) is 3.09. The van der Waals surface area contributed by atoms with Gasteiger partial charge in [0.15, 0.2) is 0 Å². The number of nitrogens with zero attached hydrogens (tertiary/aromatic N) is 2. The number of aromatic nitrogens is 2. The van der Waals surface area contributed by atoms with Crippen molar-refractivity contribution in [2.75, 3.05) is 12.4 Å². The number of amides is 1. The summed E-state index contributed by atoms with van der Waals surface area (Å²) in [5.41, 5.74) is 1.88. The standard InChI is InChI=1S/C19H16BrN3O3/c1-26-19(25)14-8-6-13(7-9-14)18(24)22-17-10-11-21-23(17)12-15-4-2-3-5-16(15)20/h2-11H,12H2,1H3,(H,22,24). The minimum atomic E-state index is -0.441. The van der Waals surface area contributed by atoms with Crippen molar-refractivity contribution in [1.29, 1.82) is 0 Å². The topological polar surface area (TPSA) is 73.2 Å². The van der Waals surface area contributed by atoms with Gasteiger partial charge in [0.05, 0.1) is 25.4 Å². The van der Waals surface area contributed by atoms with Crippen LogP contribution in [0, 0.1) is 0 Å². The third-order valence-corrected chi connectivity index (χ3v) is 4.58. The van der Waals surface area contributed by atoms with Gasteiger partial charge in [0.25, 0.3) is 5.91 Å². The fourth-order valence-electron chi connectivity index (χ4n) is 2.42. The summed E-state index contributed by atoms with van der Waals surface area (Å²) in [5, 5.41) is 7.11. The number of methoxy groups -OCH3 is 1. The van der Waals surface area contributed by atoms with Gasteiger partial charge in [-0.05, 0) is 35.9 Å². The van der Waals surface area contributed by atoms with Crippen LogP contribution in [0.1, 0.15) is 26.3 Å². The number of anilines is 1. The molecule has 1 amide bonds. The second kappa shape index (κ2) is 7.97. The van der Waals surface area contributed by atoms with E-state index < -0.39 is 5.97 Å². The molecule has 0 saturated heterocycles. The Labute approximate surface area is 158 Å². The van der Waals surface area contributed by atoms with E-state index in [4.69, 9.17) is 0 Å². The van der Waals surface area contributed by atoms with Gasteiger partial charge >= 0.3 is 5.97 Å². The first-order valence-electron chi connectivity index (χ1n) is 7.83. The summed E-state index contributed by atoms with van der Waals surface area (Å²) >= 11 is 3.51. The number of carbonyl (C=O) groups is 2. The molecule has 1 N–H and O–H groups in total. The van der Waals surface area contributed by atoms with Crippen molar-refractivity contribution in [3.63, 3.8) is 0 Å². The second-order valence-corrected chi connectivity index (χ2v) is 6.34. The normalized spacial score (nSPS) is 10.4. The molecule has 0 fully saturated rings. The van der Waals surface area contributed by atoms with Crippen LogP contribution in [-0.4, -0.2) is 28.8 Å². The lowest BCUT2D eigenvalue weighted by atomic mass is 10.1. The summed E-state index contributed by atoms with van der Waals surface area (Å²) < 4.78 is 7.34. The van der Waals surface area contributed by atoms with Crippen LogP contribution in [0.25, 0.3) is 0 Å². The molecule has 0 bridgehead atoms. The molecule has 0 unspecified atom stereocenters. The highest BCUT2D eigenvalue weighted by atomic mass is 79.9. The number of ether oxygens (including phenoxy) is 1. The number of nitrogens with one attached hydrogen (secondary N) is 1. The lowest BCUT2D eigenvalue weighted by molar-refractivity contribution is 0.0600. The zero-order chi connectivity index (χ0) is 18.5. The Bertz CT molecular complexity index is 935. The van der Waals surface area contributed by atoms with Gasteiger partial charge in [-0.15, -0.1) is 0 Å². The molecule has 6 nitrogen and oxygen atoms in total. The van der Waals surface area contributed by atoms with Crippen molar-refractivity contribution in [2.24, 2.45) is 0 Å². The molecule has 132 valence electrons. The molecule has 7 heteroatoms. The molecule has 3 aromatic rings. The van der Waals surface area contributed by atoms with Crippen LogP contribution in [0.3, 0.4) is 0 Å². The first-order chi connectivity index (χ1) is 12.6. The monoisotopic (exact) mass is 413 g/mol. The van der Waals surface area contributed by atoms with E-state index in [1.807, 2.05) is 24.3 Å². The zero-order valence-electron chi connectivity index (χ0n) is 14.0. The maximum Gasteiger partial charge on any atom is 0.337 e. The quantitative estimate of drug-likeness (QED) is 0.646. The van der Waals surface area contributed by atoms with Gasteiger partial charge in [0, 0.05) is 16.1 Å². The van der Waals surface area contributed by atoms with Crippen molar-refractivity contribution in [2.45, 2.75) is 6.54 Å². The van der Waals surface area contributed by atoms with Crippen LogP contribution in [0.4, 0.5) is 5.82 Å². The fraction of sp³-hybridized carbons (Fsp3) is 0.105. The van der Waals surface area contributed by atoms with E-state index in [2.05, 4.69) is 31.1 Å². The third-order valence-electron chi connectivity index (χ3n) is 3.80. The molecular weight excluding hydrogens is 398 g/mol. The maximum atomic E-state index is 12.5. The molecule has 3 rings (SSSR count). The van der Waals surface area contributed by atoms with Gasteiger partial charge in [-0.2, -0.15) is 5.10 Å². The molecule has 0 aliphatic carbocycles. The zero-order valence-corrected chi connectivity index (χ0v) is 15.6. The van der Waals surface area contributed by atoms with Crippen molar-refractivity contribution in [3.8, 4) is 0 Å². The Morgan fingerprint density at radius 3 is 2.46 bits per heavy atom. The Morgan fingerprint density at radius 2 is 1.77 bits per heavy atom. The van der Waals surface area contributed by atoms with Crippen LogP contribution in [0.15, 0.2) is 65.3 Å². The Morgan fingerprint density at radius 1 is 1.08 bits per heavy atom. The summed E-state index contributed by atoms with van der Waals surface area (Å²) in [6.07, 6.45) is 1.63. The predicted molar refractivity (Wildman–Crippen MR) is 101 cm³/mol. The molecule has 26 heavy (non-hydrogen) atoms. The summed E-state index contributed by atoms with van der Waals surface area (Å²) in [6, 6.07) is 15.8. The molecule has 1 heterocycles. The SMILES string of the molecule is COC(=O)c1ccc(C(=O)Nc2ccnn2Cc2ccccc2Br)cc1. The highest BCUT2D eigenvalue weighted by Gasteiger charge is 2.12. The van der Waals surface area contributed by atoms with Gasteiger partial charge in [-0.3, -0.25) is 4.79 Å². The van der Waals surface area contributed by atoms with E-state index in [9.17, 15) is 9.59 Å². The van der Waals surface area contributed by atoms with E-state index in [1.54, 1.807) is 41.2 Å². The number of hydrogen-bond donors (Lipinski definition) is 1. The van der Waals surface area contributed by atoms with Crippen molar-refractivity contribution >= 4 is 33.6 Å². The lowest BCUT2D eigenvalue weighted by Crippen LogP contribution is -2.16. The number of hydrogen-bond acceptors (Lipinski definition) is 4. The van der Waals surface area contributed by atoms with Gasteiger partial charge in [-0.25, -0.2) is 9.48 Å². The summed E-state index contributed by atoms with van der Waals surface area (Å²) in [5.74, 6) is -0.137. The largest absolute Gasteiger partial charge is 0.465 e. The molecule has 0 aliphatic rings. The third kappa shape index (κ3) is 4.00. The van der Waals surface area contributed by atoms with E-state index >= 15 is 0 Å². The van der Waals surface area contributed by atoms with Crippen molar-refractivity contribution in [3.05, 3.63) is 82.0 Å². The van der Waals surface area contributed by atoms with Crippen LogP contribution in [0.2, 0.25) is 0 Å². The highest BCUT2D eigenvalue weighted by Crippen LogP contribution is 2.19. The van der Waals surface area contributed by atoms with Crippen LogP contribution < -0.4 is 5.32 Å². The Balaban J connectivity index is 1.73. The molecule has 0 aliphatic heterocycles. The molecular formula is C19H16BrN3O3. The number of halogens is 1. The highest BCUT2D eigenvalue weighted by molar-refractivity contribution is 9.10. The number of benzene rings is 2. The first-order valence-corrected chi connectivity index (χ1v) is 8.62. The van der Waals surface area contributed by atoms with Gasteiger partial charge < -0.3 is 10.1 Å². The maximum absolute atomic E-state index is 12.5. The fourth-order valence-corrected chi connectivity index (χ4v) is 2.83. The van der Waals surface area contributed by atoms with Gasteiger partial charge in [0.1, 0.15) is 5.82 Å². The molecule has 0 spiro atoms. The molecule has 0 atom stereocenters. The van der Waals surface area contributed by atoms with Crippen LogP contribution in [0.5, 0.6) is 0 Å². The summed E-state index contributed by atoms with van der Waals surface area (Å²) in [7, 11) is 1.31. The summed E-state index contributed by atoms with van der Waals surface area (Å²) in [4.78, 5) is 23.9. The lowest BCUT2D eigenvalue weighted by Gasteiger charge is -2.10. The number of rotatable bonds is 5. The van der Waals surface area contributed by atoms with E-state index in [1.165, 1.54) is 7.11 Å². The van der Waals surface area contributed by atoms with E-state index in [0.717, 1.165) is 10.0 Å². The number of esters is 1. The van der Waals surface area contributed by atoms with Crippen LogP contribution >= 0.6 is 15.9 Å². The van der Waals surface area contributed by atoms with Gasteiger partial charge in [-0.1, -0.05) is 34.1 Å². The van der Waals surface area contributed by atoms with E-state index in [0.29, 0.717) is 23.5 Å². The predicted octanol–water partition coefficient (Wildman–Crippen LogP) is 3.73. The minimum absolute atomic E-state index is 0.282. The first kappa shape index (κ1) is 17.9. The van der Waals surface area contributed by atoms with Gasteiger partial charge in [0.2, 0.25) is 0 Å². The number of carbonyl (C=O) groups excluding carboxylic acids is 2. The molecule has 2 aromatic carbocycles. The molecule has 0 radical (unpaired) electrons. The molecule has 1 aromatic heterocycles. The summed E-state index contributed by atoms with van der Waals surface area (Å²) in [6.45, 7) is 0.519. The second-order valence-electron chi connectivity index (χ2n) is 5.49. The van der Waals surface area contributed by atoms with E-state index in [-0.39, 0.29) is 5.91 Å². The Kier molecular flexibility index (Phi) is 5.48. The minimum Gasteiger partial charge on any atom is -0.465 e.